The van der Waals surface area contributed by atoms with Gasteiger partial charge in [-0.1, -0.05) is 23.5 Å². The van der Waals surface area contributed by atoms with Gasteiger partial charge in [-0.3, -0.25) is 4.79 Å². The molecule has 0 saturated carbocycles. The number of carbonyl (C=O) groups excluding carboxylic acids is 2. The van der Waals surface area contributed by atoms with Crippen molar-refractivity contribution in [2.75, 3.05) is 25.1 Å². The summed E-state index contributed by atoms with van der Waals surface area (Å²) in [6, 6.07) is 10.8. The summed E-state index contributed by atoms with van der Waals surface area (Å²) in [6.45, 7) is 6.73. The van der Waals surface area contributed by atoms with E-state index in [9.17, 15) is 14.0 Å². The van der Waals surface area contributed by atoms with Crippen molar-refractivity contribution in [3.63, 3.8) is 0 Å². The summed E-state index contributed by atoms with van der Waals surface area (Å²) in [4.78, 5) is 31.1. The van der Waals surface area contributed by atoms with Crippen molar-refractivity contribution in [3.05, 3.63) is 53.8 Å². The highest BCUT2D eigenvalue weighted by Gasteiger charge is 2.31. The maximum atomic E-state index is 13.7. The van der Waals surface area contributed by atoms with Gasteiger partial charge in [-0.05, 0) is 51.1 Å². The largest absolute Gasteiger partial charge is 0.469 e. The highest BCUT2D eigenvalue weighted by Crippen LogP contribution is 2.32. The molecule has 0 unspecified atom stereocenters. The Morgan fingerprint density at radius 2 is 1.93 bits per heavy atom. The summed E-state index contributed by atoms with van der Waals surface area (Å²) in [5.41, 5.74) is 0.336. The van der Waals surface area contributed by atoms with Crippen molar-refractivity contribution in [1.82, 2.24) is 4.98 Å². The summed E-state index contributed by atoms with van der Waals surface area (Å²) >= 11 is 1.41. The van der Waals surface area contributed by atoms with Crippen molar-refractivity contribution in [2.24, 2.45) is 5.41 Å². The van der Waals surface area contributed by atoms with E-state index >= 15 is 0 Å². The Bertz CT molecular complexity index is 1080. The molecule has 8 heteroatoms. The van der Waals surface area contributed by atoms with Crippen molar-refractivity contribution in [1.29, 1.82) is 0 Å². The zero-order chi connectivity index (χ0) is 21.9. The number of nitrogens with zero attached hydrogens (tertiary/aromatic N) is 2. The molecule has 6 nitrogen and oxygen atoms in total. The number of thiazole rings is 1. The van der Waals surface area contributed by atoms with Crippen molar-refractivity contribution < 1.29 is 23.5 Å². The zero-order valence-electron chi connectivity index (χ0n) is 17.3. The predicted octanol–water partition coefficient (Wildman–Crippen LogP) is 4.68. The minimum Gasteiger partial charge on any atom is -0.469 e. The summed E-state index contributed by atoms with van der Waals surface area (Å²) < 4.78 is 24.6. The minimum atomic E-state index is -0.697. The van der Waals surface area contributed by atoms with Crippen LogP contribution in [0.15, 0.2) is 42.5 Å². The van der Waals surface area contributed by atoms with Gasteiger partial charge in [0.2, 0.25) is 0 Å². The number of ether oxygens (including phenoxy) is 2. The number of esters is 2. The maximum Gasteiger partial charge on any atom is 0.343 e. The Morgan fingerprint density at radius 3 is 2.60 bits per heavy atom. The number of hydrogen-bond donors (Lipinski definition) is 0. The van der Waals surface area contributed by atoms with Crippen molar-refractivity contribution in [3.8, 4) is 5.75 Å². The zero-order valence-corrected chi connectivity index (χ0v) is 18.1. The molecule has 0 N–H and O–H groups in total. The Hall–Kier alpha value is -3.00. The van der Waals surface area contributed by atoms with Crippen molar-refractivity contribution >= 4 is 38.6 Å². The average Bonchev–Trinajstić information content (AvgIpc) is 3.16. The van der Waals surface area contributed by atoms with Gasteiger partial charge < -0.3 is 14.4 Å². The van der Waals surface area contributed by atoms with Gasteiger partial charge in [-0.15, -0.1) is 0 Å². The van der Waals surface area contributed by atoms with Crippen LogP contribution in [0.3, 0.4) is 0 Å². The lowest BCUT2D eigenvalue weighted by atomic mass is 9.93. The van der Waals surface area contributed by atoms with E-state index in [0.717, 1.165) is 15.3 Å². The molecule has 0 amide bonds. The highest BCUT2D eigenvalue weighted by atomic mass is 32.1. The van der Waals surface area contributed by atoms with Gasteiger partial charge in [0.15, 0.2) is 16.7 Å². The normalized spacial score (nSPS) is 11.4. The fourth-order valence-corrected chi connectivity index (χ4v) is 4.06. The van der Waals surface area contributed by atoms with Crippen LogP contribution in [0.5, 0.6) is 5.75 Å². The number of anilines is 1. The molecule has 0 bridgehead atoms. The van der Waals surface area contributed by atoms with Gasteiger partial charge in [0, 0.05) is 13.1 Å². The molecule has 0 radical (unpaired) electrons. The lowest BCUT2D eigenvalue weighted by Crippen LogP contribution is -2.40. The fourth-order valence-electron chi connectivity index (χ4n) is 2.99. The van der Waals surface area contributed by atoms with E-state index in [2.05, 4.69) is 4.98 Å². The molecule has 3 aromatic rings. The second-order valence-corrected chi connectivity index (χ2v) is 8.40. The Labute approximate surface area is 178 Å². The molecule has 1 heterocycles. The smallest absolute Gasteiger partial charge is 0.343 e. The summed E-state index contributed by atoms with van der Waals surface area (Å²) in [5.74, 6) is -1.65. The summed E-state index contributed by atoms with van der Waals surface area (Å²) in [5, 5.41) is 0.740. The van der Waals surface area contributed by atoms with E-state index in [0.29, 0.717) is 18.7 Å². The molecular formula is C22H23FN2O4S. The molecule has 0 aliphatic carbocycles. The first-order valence-electron chi connectivity index (χ1n) is 9.46. The molecule has 0 atom stereocenters. The second kappa shape index (κ2) is 8.79. The fraction of sp³-hybridized carbons (Fsp3) is 0.318. The molecule has 0 fully saturated rings. The Morgan fingerprint density at radius 1 is 1.20 bits per heavy atom. The van der Waals surface area contributed by atoms with E-state index in [1.165, 1.54) is 36.6 Å². The second-order valence-electron chi connectivity index (χ2n) is 7.39. The number of rotatable bonds is 7. The number of methoxy groups -OCH3 is 1. The third-order valence-corrected chi connectivity index (χ3v) is 5.71. The third kappa shape index (κ3) is 4.59. The number of carbonyl (C=O) groups is 2. The van der Waals surface area contributed by atoms with E-state index < -0.39 is 17.2 Å². The minimum absolute atomic E-state index is 0.116. The number of para-hydroxylation sites is 1. The molecule has 30 heavy (non-hydrogen) atoms. The summed E-state index contributed by atoms with van der Waals surface area (Å²) in [6.07, 6.45) is 0. The molecule has 158 valence electrons. The third-order valence-electron chi connectivity index (χ3n) is 4.63. The van der Waals surface area contributed by atoms with Crippen LogP contribution in [0.1, 0.15) is 31.1 Å². The quantitative estimate of drug-likeness (QED) is 0.400. The van der Waals surface area contributed by atoms with Crippen LogP contribution in [-0.4, -0.2) is 37.1 Å². The lowest BCUT2D eigenvalue weighted by molar-refractivity contribution is -0.150. The van der Waals surface area contributed by atoms with Crippen LogP contribution in [0.2, 0.25) is 0 Å². The van der Waals surface area contributed by atoms with Crippen LogP contribution in [0.4, 0.5) is 9.52 Å². The molecule has 3 rings (SSSR count). The highest BCUT2D eigenvalue weighted by molar-refractivity contribution is 7.22. The predicted molar refractivity (Wildman–Crippen MR) is 115 cm³/mol. The topological polar surface area (TPSA) is 68.7 Å². The number of hydrogen-bond acceptors (Lipinski definition) is 7. The molecule has 0 aliphatic heterocycles. The molecule has 2 aromatic carbocycles. The number of aromatic nitrogens is 1. The van der Waals surface area contributed by atoms with Crippen LogP contribution < -0.4 is 9.64 Å². The van der Waals surface area contributed by atoms with E-state index in [4.69, 9.17) is 9.47 Å². The van der Waals surface area contributed by atoms with Gasteiger partial charge in [0.1, 0.15) is 0 Å². The molecule has 0 saturated heterocycles. The molecule has 0 aliphatic rings. The van der Waals surface area contributed by atoms with Gasteiger partial charge in [-0.2, -0.15) is 0 Å². The van der Waals surface area contributed by atoms with Gasteiger partial charge in [0.05, 0.1) is 28.3 Å². The van der Waals surface area contributed by atoms with Gasteiger partial charge >= 0.3 is 11.9 Å². The van der Waals surface area contributed by atoms with Crippen molar-refractivity contribution in [2.45, 2.75) is 20.8 Å². The lowest BCUT2D eigenvalue weighted by Gasteiger charge is -2.29. The first-order chi connectivity index (χ1) is 14.2. The first-order valence-corrected chi connectivity index (χ1v) is 10.3. The van der Waals surface area contributed by atoms with E-state index in [1.807, 2.05) is 25.7 Å². The number of benzene rings is 2. The molecule has 1 aromatic heterocycles. The van der Waals surface area contributed by atoms with E-state index in [-0.39, 0.29) is 11.7 Å². The SMILES string of the molecule is CCN(CC(C)(C)C(=O)OC)c1nc2ccc(C(=O)Oc3ccccc3F)cc2s1. The molecular weight excluding hydrogens is 407 g/mol. The standard InChI is InChI=1S/C22H23FN2O4S/c1-5-25(13-22(2,3)20(27)28-4)21-24-16-11-10-14(12-18(16)30-21)19(26)29-17-9-7-6-8-15(17)23/h6-12H,5,13H2,1-4H3. The Kier molecular flexibility index (Phi) is 6.36. The average molecular weight is 431 g/mol. The van der Waals surface area contributed by atoms with Crippen LogP contribution in [0, 0.1) is 11.2 Å². The van der Waals surface area contributed by atoms with E-state index in [1.54, 1.807) is 24.3 Å². The summed E-state index contributed by atoms with van der Waals surface area (Å²) in [7, 11) is 1.37. The Balaban J connectivity index is 1.83. The van der Waals surface area contributed by atoms with Crippen LogP contribution >= 0.6 is 11.3 Å². The molecule has 0 spiro atoms. The van der Waals surface area contributed by atoms with Gasteiger partial charge in [-0.25, -0.2) is 14.2 Å². The van der Waals surface area contributed by atoms with Crippen LogP contribution in [-0.2, 0) is 9.53 Å². The monoisotopic (exact) mass is 430 g/mol. The van der Waals surface area contributed by atoms with Gasteiger partial charge in [0.25, 0.3) is 0 Å². The number of halogens is 1. The maximum absolute atomic E-state index is 13.7. The first kappa shape index (κ1) is 21.7. The number of fused-ring (bicyclic) bond motifs is 1. The van der Waals surface area contributed by atoms with Crippen LogP contribution in [0.25, 0.3) is 10.2 Å².